The third kappa shape index (κ3) is 2.76. The Kier molecular flexibility index (Phi) is 4.65. The summed E-state index contributed by atoms with van der Waals surface area (Å²) in [5, 5.41) is 29.8. The van der Waals surface area contributed by atoms with Crippen LogP contribution in [0.1, 0.15) is 0 Å². The van der Waals surface area contributed by atoms with Gasteiger partial charge in [-0.05, 0) is 0 Å². The fraction of sp³-hybridized carbons (Fsp3) is 1.00. The summed E-state index contributed by atoms with van der Waals surface area (Å²) in [6.45, 7) is 1.65. The quantitative estimate of drug-likeness (QED) is 0.449. The van der Waals surface area contributed by atoms with Crippen molar-refractivity contribution in [3.63, 3.8) is 0 Å². The van der Waals surface area contributed by atoms with Gasteiger partial charge in [-0.3, -0.25) is 4.90 Å². The molecule has 0 aliphatic carbocycles. The summed E-state index contributed by atoms with van der Waals surface area (Å²) < 4.78 is 5.26. The maximum absolute atomic E-state index is 10.1. The molecule has 0 aromatic carbocycles. The van der Waals surface area contributed by atoms with Gasteiger partial charge in [0.05, 0.1) is 6.04 Å². The Labute approximate surface area is 105 Å². The second-order valence-electron chi connectivity index (χ2n) is 4.42. The lowest BCUT2D eigenvalue weighted by Crippen LogP contribution is -2.65. The van der Waals surface area contributed by atoms with E-state index in [-0.39, 0.29) is 6.54 Å². The molecular formula is C10H20N2O4S. The average Bonchev–Trinajstić information content (AvgIpc) is 2.35. The Bertz CT molecular complexity index is 252. The van der Waals surface area contributed by atoms with Crippen LogP contribution >= 0.6 is 11.8 Å². The fourth-order valence-corrected chi connectivity index (χ4v) is 3.33. The van der Waals surface area contributed by atoms with Gasteiger partial charge in [-0.15, -0.1) is 0 Å². The molecule has 5 N–H and O–H groups in total. The first kappa shape index (κ1) is 13.5. The first-order chi connectivity index (χ1) is 8.15. The predicted molar refractivity (Wildman–Crippen MR) is 64.6 cm³/mol. The van der Waals surface area contributed by atoms with Gasteiger partial charge in [-0.25, -0.2) is 0 Å². The van der Waals surface area contributed by atoms with Gasteiger partial charge in [0, 0.05) is 31.1 Å². The van der Waals surface area contributed by atoms with Crippen molar-refractivity contribution < 1.29 is 20.1 Å². The maximum atomic E-state index is 10.1. The highest BCUT2D eigenvalue weighted by Crippen LogP contribution is 2.25. The third-order valence-electron chi connectivity index (χ3n) is 3.39. The van der Waals surface area contributed by atoms with Gasteiger partial charge in [-0.2, -0.15) is 11.8 Å². The zero-order chi connectivity index (χ0) is 12.4. The Hall–Kier alpha value is 0.110. The Balaban J connectivity index is 2.05. The largest absolute Gasteiger partial charge is 0.388 e. The number of thioether (sulfide) groups is 1. The first-order valence-electron chi connectivity index (χ1n) is 5.86. The minimum absolute atomic E-state index is 0.0812. The van der Waals surface area contributed by atoms with Crippen molar-refractivity contribution in [2.75, 3.05) is 31.1 Å². The molecule has 0 radical (unpaired) electrons. The molecule has 0 bridgehead atoms. The Morgan fingerprint density at radius 2 is 1.82 bits per heavy atom. The number of hydrogen-bond acceptors (Lipinski definition) is 7. The standard InChI is InChI=1S/C10H20N2O4S/c11-5-6-8(13)9(14)7(10(15)16-6)12-1-3-17-4-2-12/h6-10,13-15H,1-5,11H2/t6-,7-,8+,9?,10?/m1/s1. The van der Waals surface area contributed by atoms with Gasteiger partial charge in [0.2, 0.25) is 0 Å². The van der Waals surface area contributed by atoms with Gasteiger partial charge in [-0.1, -0.05) is 0 Å². The number of rotatable bonds is 2. The lowest BCUT2D eigenvalue weighted by atomic mass is 9.95. The van der Waals surface area contributed by atoms with Gasteiger partial charge < -0.3 is 25.8 Å². The summed E-state index contributed by atoms with van der Waals surface area (Å²) in [5.41, 5.74) is 5.42. The summed E-state index contributed by atoms with van der Waals surface area (Å²) in [6.07, 6.45) is -3.85. The monoisotopic (exact) mass is 264 g/mol. The van der Waals surface area contributed by atoms with Crippen LogP contribution in [0.3, 0.4) is 0 Å². The molecule has 17 heavy (non-hydrogen) atoms. The van der Waals surface area contributed by atoms with Crippen molar-refractivity contribution in [1.82, 2.24) is 4.90 Å². The number of aliphatic hydroxyl groups is 3. The van der Waals surface area contributed by atoms with Crippen molar-refractivity contribution in [2.24, 2.45) is 5.73 Å². The minimum atomic E-state index is -1.09. The zero-order valence-electron chi connectivity index (χ0n) is 9.60. The highest BCUT2D eigenvalue weighted by molar-refractivity contribution is 7.99. The van der Waals surface area contributed by atoms with Gasteiger partial charge >= 0.3 is 0 Å². The molecule has 0 aromatic heterocycles. The molecule has 7 heteroatoms. The molecule has 2 fully saturated rings. The second-order valence-corrected chi connectivity index (χ2v) is 5.65. The van der Waals surface area contributed by atoms with Crippen LogP contribution < -0.4 is 5.73 Å². The van der Waals surface area contributed by atoms with Crippen LogP contribution in [0, 0.1) is 0 Å². The van der Waals surface area contributed by atoms with Gasteiger partial charge in [0.15, 0.2) is 6.29 Å². The van der Waals surface area contributed by atoms with Crippen molar-refractivity contribution in [3.8, 4) is 0 Å². The van der Waals surface area contributed by atoms with E-state index in [4.69, 9.17) is 10.5 Å². The van der Waals surface area contributed by atoms with Crippen LogP contribution in [-0.2, 0) is 4.74 Å². The summed E-state index contributed by atoms with van der Waals surface area (Å²) in [6, 6.07) is -0.561. The van der Waals surface area contributed by atoms with E-state index in [1.165, 1.54) is 0 Å². The number of ether oxygens (including phenoxy) is 1. The van der Waals surface area contributed by atoms with E-state index in [0.29, 0.717) is 0 Å². The number of hydrogen-bond donors (Lipinski definition) is 4. The first-order valence-corrected chi connectivity index (χ1v) is 7.02. The molecule has 6 nitrogen and oxygen atoms in total. The minimum Gasteiger partial charge on any atom is -0.388 e. The van der Waals surface area contributed by atoms with E-state index in [2.05, 4.69) is 0 Å². The zero-order valence-corrected chi connectivity index (χ0v) is 10.4. The Morgan fingerprint density at radius 1 is 1.18 bits per heavy atom. The van der Waals surface area contributed by atoms with E-state index >= 15 is 0 Å². The van der Waals surface area contributed by atoms with Crippen LogP contribution in [-0.4, -0.2) is 82.0 Å². The normalized spacial score (nSPS) is 44.8. The Morgan fingerprint density at radius 3 is 2.41 bits per heavy atom. The molecule has 5 atom stereocenters. The summed E-state index contributed by atoms with van der Waals surface area (Å²) in [7, 11) is 0. The fourth-order valence-electron chi connectivity index (χ4n) is 2.40. The molecular weight excluding hydrogens is 244 g/mol. The number of aliphatic hydroxyl groups excluding tert-OH is 3. The van der Waals surface area contributed by atoms with E-state index in [1.54, 1.807) is 0 Å². The molecule has 0 amide bonds. The van der Waals surface area contributed by atoms with E-state index in [9.17, 15) is 15.3 Å². The molecule has 2 saturated heterocycles. The number of nitrogens with zero attached hydrogens (tertiary/aromatic N) is 1. The van der Waals surface area contributed by atoms with Crippen molar-refractivity contribution >= 4 is 11.8 Å². The third-order valence-corrected chi connectivity index (χ3v) is 4.33. The van der Waals surface area contributed by atoms with Crippen LogP contribution in [0.25, 0.3) is 0 Å². The SMILES string of the molecule is NC[C@H]1OC(O)[C@H](N2CCSCC2)C(O)[C@H]1O. The molecule has 2 unspecified atom stereocenters. The molecule has 2 aliphatic heterocycles. The lowest BCUT2D eigenvalue weighted by Gasteiger charge is -2.46. The van der Waals surface area contributed by atoms with E-state index < -0.39 is 30.6 Å². The van der Waals surface area contributed by atoms with Crippen LogP contribution in [0.4, 0.5) is 0 Å². The summed E-state index contributed by atoms with van der Waals surface area (Å²) >= 11 is 1.84. The van der Waals surface area contributed by atoms with Crippen molar-refractivity contribution in [2.45, 2.75) is 30.6 Å². The molecule has 2 aliphatic rings. The van der Waals surface area contributed by atoms with Crippen LogP contribution in [0.5, 0.6) is 0 Å². The second kappa shape index (κ2) is 5.83. The summed E-state index contributed by atoms with van der Waals surface area (Å²) in [5.74, 6) is 1.93. The average molecular weight is 264 g/mol. The predicted octanol–water partition coefficient (Wildman–Crippen LogP) is -2.20. The van der Waals surface area contributed by atoms with E-state index in [0.717, 1.165) is 24.6 Å². The van der Waals surface area contributed by atoms with Crippen LogP contribution in [0.15, 0.2) is 0 Å². The molecule has 2 rings (SSSR count). The van der Waals surface area contributed by atoms with Crippen LogP contribution in [0.2, 0.25) is 0 Å². The lowest BCUT2D eigenvalue weighted by molar-refractivity contribution is -0.263. The molecule has 0 aromatic rings. The number of nitrogens with two attached hydrogens (primary N) is 1. The van der Waals surface area contributed by atoms with Crippen molar-refractivity contribution in [3.05, 3.63) is 0 Å². The highest BCUT2D eigenvalue weighted by atomic mass is 32.2. The summed E-state index contributed by atoms with van der Waals surface area (Å²) in [4.78, 5) is 1.97. The van der Waals surface area contributed by atoms with E-state index in [1.807, 2.05) is 16.7 Å². The van der Waals surface area contributed by atoms with Crippen molar-refractivity contribution in [1.29, 1.82) is 0 Å². The molecule has 2 heterocycles. The van der Waals surface area contributed by atoms with Gasteiger partial charge in [0.1, 0.15) is 18.3 Å². The molecule has 0 spiro atoms. The maximum Gasteiger partial charge on any atom is 0.173 e. The highest BCUT2D eigenvalue weighted by Gasteiger charge is 2.45. The topological polar surface area (TPSA) is 99.2 Å². The smallest absolute Gasteiger partial charge is 0.173 e. The van der Waals surface area contributed by atoms with Gasteiger partial charge in [0.25, 0.3) is 0 Å². The molecule has 100 valence electrons. The molecule has 0 saturated carbocycles.